The van der Waals surface area contributed by atoms with Crippen LogP contribution in [0.1, 0.15) is 12.8 Å². The summed E-state index contributed by atoms with van der Waals surface area (Å²) in [5.41, 5.74) is 0. The largest absolute Gasteiger partial charge is 0.304 e. The number of rotatable bonds is 8. The normalized spacial score (nSPS) is 10.1. The van der Waals surface area contributed by atoms with Gasteiger partial charge in [-0.2, -0.15) is 4.21 Å². The fourth-order valence-electron chi connectivity index (χ4n) is 0.433. The predicted octanol–water partition coefficient (Wildman–Crippen LogP) is 1.75. The maximum Gasteiger partial charge on any atom is 0.304 e. The van der Waals surface area contributed by atoms with Gasteiger partial charge in [0.15, 0.2) is 0 Å². The third kappa shape index (κ3) is 7.65. The van der Waals surface area contributed by atoms with Crippen LogP contribution in [-0.4, -0.2) is 17.4 Å². The minimum Gasteiger partial charge on any atom is -0.268 e. The molecule has 0 bridgehead atoms. The van der Waals surface area contributed by atoms with Gasteiger partial charge >= 0.3 is 11.4 Å². The summed E-state index contributed by atoms with van der Waals surface area (Å²) in [4.78, 5) is 0. The molecular formula is C8H14O3S. The molecule has 0 rings (SSSR count). The van der Waals surface area contributed by atoms with Crippen molar-refractivity contribution in [1.82, 2.24) is 0 Å². The van der Waals surface area contributed by atoms with E-state index in [1.807, 2.05) is 0 Å². The van der Waals surface area contributed by atoms with Gasteiger partial charge in [-0.3, -0.25) is 8.37 Å². The minimum absolute atomic E-state index is 0.379. The average Bonchev–Trinajstić information content (AvgIpc) is 2.06. The molecule has 0 spiro atoms. The second-order valence-electron chi connectivity index (χ2n) is 2.00. The molecule has 12 heavy (non-hydrogen) atoms. The second-order valence-corrected chi connectivity index (χ2v) is 2.88. The van der Waals surface area contributed by atoms with Crippen LogP contribution in [0.2, 0.25) is 0 Å². The molecule has 0 aromatic rings. The SMILES string of the molecule is C=CCCOS(=O)OCCC=C. The smallest absolute Gasteiger partial charge is 0.268 e. The molecule has 0 aliphatic heterocycles. The molecule has 70 valence electrons. The molecule has 0 aromatic carbocycles. The standard InChI is InChI=1S/C8H14O3S/c1-3-5-7-10-12(9)11-8-6-4-2/h3-4H,1-2,5-8H2. The molecular weight excluding hydrogens is 176 g/mol. The summed E-state index contributed by atoms with van der Waals surface area (Å²) in [7, 11) is 0. The van der Waals surface area contributed by atoms with Crippen LogP contribution in [-0.2, 0) is 19.7 Å². The monoisotopic (exact) mass is 190 g/mol. The maximum absolute atomic E-state index is 10.8. The van der Waals surface area contributed by atoms with E-state index in [2.05, 4.69) is 13.2 Å². The molecule has 0 fully saturated rings. The fraction of sp³-hybridized carbons (Fsp3) is 0.500. The second kappa shape index (κ2) is 8.64. The van der Waals surface area contributed by atoms with Crippen molar-refractivity contribution in [2.45, 2.75) is 12.8 Å². The van der Waals surface area contributed by atoms with Gasteiger partial charge in [0.05, 0.1) is 13.2 Å². The van der Waals surface area contributed by atoms with Crippen molar-refractivity contribution >= 4 is 11.4 Å². The molecule has 0 radical (unpaired) electrons. The highest BCUT2D eigenvalue weighted by atomic mass is 32.2. The van der Waals surface area contributed by atoms with Crippen LogP contribution < -0.4 is 0 Å². The van der Waals surface area contributed by atoms with Crippen LogP contribution in [0.5, 0.6) is 0 Å². The Morgan fingerprint density at radius 2 is 1.50 bits per heavy atom. The lowest BCUT2D eigenvalue weighted by molar-refractivity contribution is 0.256. The first kappa shape index (κ1) is 11.6. The molecule has 0 N–H and O–H groups in total. The molecule has 0 amide bonds. The van der Waals surface area contributed by atoms with Gasteiger partial charge in [-0.25, -0.2) is 0 Å². The van der Waals surface area contributed by atoms with Gasteiger partial charge in [0.2, 0.25) is 0 Å². The third-order valence-electron chi connectivity index (χ3n) is 1.00. The molecule has 0 saturated carbocycles. The minimum atomic E-state index is -1.62. The Hall–Kier alpha value is -0.450. The number of hydrogen-bond donors (Lipinski definition) is 0. The van der Waals surface area contributed by atoms with E-state index in [0.717, 1.165) is 0 Å². The summed E-state index contributed by atoms with van der Waals surface area (Å²) in [5.74, 6) is 0. The van der Waals surface area contributed by atoms with E-state index < -0.39 is 11.4 Å². The summed E-state index contributed by atoms with van der Waals surface area (Å²) in [6, 6.07) is 0. The number of hydrogen-bond acceptors (Lipinski definition) is 3. The zero-order valence-corrected chi connectivity index (χ0v) is 7.85. The van der Waals surface area contributed by atoms with Gasteiger partial charge in [-0.05, 0) is 12.8 Å². The van der Waals surface area contributed by atoms with Gasteiger partial charge in [0, 0.05) is 0 Å². The molecule has 0 unspecified atom stereocenters. The molecule has 3 nitrogen and oxygen atoms in total. The highest BCUT2D eigenvalue weighted by Crippen LogP contribution is 1.93. The van der Waals surface area contributed by atoms with Crippen LogP contribution in [0.25, 0.3) is 0 Å². The first-order chi connectivity index (χ1) is 5.81. The van der Waals surface area contributed by atoms with Gasteiger partial charge in [0.1, 0.15) is 0 Å². The van der Waals surface area contributed by atoms with Crippen LogP contribution in [0, 0.1) is 0 Å². The summed E-state index contributed by atoms with van der Waals surface area (Å²) in [6.07, 6.45) is 4.75. The third-order valence-corrected chi connectivity index (χ3v) is 1.72. The predicted molar refractivity (Wildman–Crippen MR) is 49.7 cm³/mol. The maximum atomic E-state index is 10.8. The van der Waals surface area contributed by atoms with Crippen molar-refractivity contribution < 1.29 is 12.6 Å². The highest BCUT2D eigenvalue weighted by molar-refractivity contribution is 7.75. The Kier molecular flexibility index (Phi) is 8.32. The summed E-state index contributed by atoms with van der Waals surface area (Å²) < 4.78 is 20.3. The van der Waals surface area contributed by atoms with E-state index in [0.29, 0.717) is 26.1 Å². The van der Waals surface area contributed by atoms with Crippen molar-refractivity contribution in [2.24, 2.45) is 0 Å². The van der Waals surface area contributed by atoms with Crippen molar-refractivity contribution in [1.29, 1.82) is 0 Å². The Morgan fingerprint density at radius 1 is 1.08 bits per heavy atom. The Bertz CT molecular complexity index is 140. The van der Waals surface area contributed by atoms with Gasteiger partial charge in [0.25, 0.3) is 0 Å². The highest BCUT2D eigenvalue weighted by Gasteiger charge is 1.97. The summed E-state index contributed by atoms with van der Waals surface area (Å²) >= 11 is -1.62. The quantitative estimate of drug-likeness (QED) is 0.432. The molecule has 0 saturated heterocycles. The first-order valence-corrected chi connectivity index (χ1v) is 4.71. The molecule has 0 heterocycles. The lowest BCUT2D eigenvalue weighted by Crippen LogP contribution is -2.03. The van der Waals surface area contributed by atoms with Crippen molar-refractivity contribution in [2.75, 3.05) is 13.2 Å². The Morgan fingerprint density at radius 3 is 1.83 bits per heavy atom. The van der Waals surface area contributed by atoms with Gasteiger partial charge < -0.3 is 0 Å². The molecule has 0 atom stereocenters. The van der Waals surface area contributed by atoms with Gasteiger partial charge in [-0.15, -0.1) is 13.2 Å². The zero-order valence-electron chi connectivity index (χ0n) is 7.03. The fourth-order valence-corrected chi connectivity index (χ4v) is 0.966. The van der Waals surface area contributed by atoms with E-state index in [9.17, 15) is 4.21 Å². The van der Waals surface area contributed by atoms with Crippen LogP contribution in [0.15, 0.2) is 25.3 Å². The van der Waals surface area contributed by atoms with Gasteiger partial charge in [-0.1, -0.05) is 12.2 Å². The Labute approximate surface area is 75.9 Å². The van der Waals surface area contributed by atoms with Crippen LogP contribution >= 0.6 is 0 Å². The van der Waals surface area contributed by atoms with E-state index >= 15 is 0 Å². The van der Waals surface area contributed by atoms with E-state index in [4.69, 9.17) is 8.37 Å². The zero-order chi connectivity index (χ0) is 9.23. The molecule has 4 heteroatoms. The molecule has 0 aliphatic carbocycles. The lowest BCUT2D eigenvalue weighted by atomic mass is 10.5. The van der Waals surface area contributed by atoms with E-state index in [1.54, 1.807) is 12.2 Å². The topological polar surface area (TPSA) is 35.5 Å². The summed E-state index contributed by atoms with van der Waals surface area (Å²) in [5, 5.41) is 0. The van der Waals surface area contributed by atoms with E-state index in [1.165, 1.54) is 0 Å². The van der Waals surface area contributed by atoms with E-state index in [-0.39, 0.29) is 0 Å². The van der Waals surface area contributed by atoms with Crippen LogP contribution in [0.3, 0.4) is 0 Å². The van der Waals surface area contributed by atoms with Crippen molar-refractivity contribution in [3.05, 3.63) is 25.3 Å². The van der Waals surface area contributed by atoms with Crippen molar-refractivity contribution in [3.8, 4) is 0 Å². The molecule has 0 aliphatic rings. The van der Waals surface area contributed by atoms with Crippen LogP contribution in [0.4, 0.5) is 0 Å². The lowest BCUT2D eigenvalue weighted by Gasteiger charge is -2.00. The average molecular weight is 190 g/mol. The summed E-state index contributed by atoms with van der Waals surface area (Å²) in [6.45, 7) is 7.76. The first-order valence-electron chi connectivity index (χ1n) is 3.71. The van der Waals surface area contributed by atoms with Crippen molar-refractivity contribution in [3.63, 3.8) is 0 Å². The Balaban J connectivity index is 3.21. The molecule has 0 aromatic heterocycles.